The number of aromatic nitrogens is 2. The molecule has 8 nitrogen and oxygen atoms in total. The third kappa shape index (κ3) is 4.67. The molecule has 2 aromatic carbocycles. The number of carbonyl (C=O) groups excluding carboxylic acids is 1. The second-order valence-corrected chi connectivity index (χ2v) is 9.09. The summed E-state index contributed by atoms with van der Waals surface area (Å²) < 4.78 is 11.3. The molecule has 1 fully saturated rings. The van der Waals surface area contributed by atoms with Gasteiger partial charge in [0.25, 0.3) is 5.89 Å². The van der Waals surface area contributed by atoms with E-state index in [0.29, 0.717) is 28.6 Å². The van der Waals surface area contributed by atoms with Gasteiger partial charge in [0.1, 0.15) is 18.4 Å². The average Bonchev–Trinajstić information content (AvgIpc) is 3.63. The first-order valence-electron chi connectivity index (χ1n) is 12.0. The number of carbonyl (C=O) groups is 1. The number of hydrogen-bond donors (Lipinski definition) is 0. The first kappa shape index (κ1) is 22.8. The minimum absolute atomic E-state index is 0.0325. The van der Waals surface area contributed by atoms with Gasteiger partial charge in [-0.3, -0.25) is 9.79 Å². The molecule has 1 aromatic heterocycles. The van der Waals surface area contributed by atoms with Gasteiger partial charge in [-0.1, -0.05) is 23.4 Å². The maximum absolute atomic E-state index is 12.4. The van der Waals surface area contributed by atoms with Crippen LogP contribution in [0.5, 0.6) is 5.75 Å². The first-order valence-corrected chi connectivity index (χ1v) is 12.0. The monoisotopic (exact) mass is 469 g/mol. The van der Waals surface area contributed by atoms with Crippen LogP contribution in [0.15, 0.2) is 45.9 Å². The summed E-state index contributed by atoms with van der Waals surface area (Å²) in [5.74, 6) is 1.46. The molecule has 0 spiro atoms. The Kier molecular flexibility index (Phi) is 6.32. The summed E-state index contributed by atoms with van der Waals surface area (Å²) in [5, 5.41) is 13.7. The molecule has 0 atom stereocenters. The number of nitrogens with zero attached hydrogens (tertiary/aromatic N) is 5. The lowest BCUT2D eigenvalue weighted by molar-refractivity contribution is -0.128. The normalized spacial score (nSPS) is 16.1. The number of rotatable bonds is 6. The topological polar surface area (TPSA) is 105 Å². The third-order valence-electron chi connectivity index (χ3n) is 6.34. The minimum atomic E-state index is -0.0325. The van der Waals surface area contributed by atoms with Crippen LogP contribution in [0.25, 0.3) is 22.8 Å². The Morgan fingerprint density at radius 1 is 1.20 bits per heavy atom. The van der Waals surface area contributed by atoms with E-state index in [0.717, 1.165) is 61.2 Å². The molecule has 0 N–H and O–H groups in total. The Labute approximate surface area is 204 Å². The molecule has 1 aliphatic heterocycles. The SMILES string of the molecule is CC(C)Oc1ccc(-c2nc(-c3cccc4c3CCC4=NCC(=O)N3CCCC3)no2)cc1C#N. The number of hydrogen-bond acceptors (Lipinski definition) is 7. The largest absolute Gasteiger partial charge is 0.490 e. The second-order valence-electron chi connectivity index (χ2n) is 9.09. The molecule has 8 heteroatoms. The van der Waals surface area contributed by atoms with E-state index in [1.165, 1.54) is 0 Å². The summed E-state index contributed by atoms with van der Waals surface area (Å²) in [6.07, 6.45) is 3.72. The summed E-state index contributed by atoms with van der Waals surface area (Å²) in [7, 11) is 0. The molecule has 2 aliphatic rings. The molecular weight excluding hydrogens is 442 g/mol. The maximum atomic E-state index is 12.4. The zero-order valence-electron chi connectivity index (χ0n) is 20.0. The lowest BCUT2D eigenvalue weighted by Crippen LogP contribution is -2.29. The minimum Gasteiger partial charge on any atom is -0.490 e. The maximum Gasteiger partial charge on any atom is 0.258 e. The van der Waals surface area contributed by atoms with Gasteiger partial charge in [-0.2, -0.15) is 10.2 Å². The van der Waals surface area contributed by atoms with Gasteiger partial charge in [0.05, 0.1) is 11.7 Å². The molecule has 178 valence electrons. The van der Waals surface area contributed by atoms with Crippen molar-refractivity contribution in [2.24, 2.45) is 4.99 Å². The van der Waals surface area contributed by atoms with E-state index in [1.54, 1.807) is 12.1 Å². The van der Waals surface area contributed by atoms with Crippen molar-refractivity contribution in [1.82, 2.24) is 15.0 Å². The first-order chi connectivity index (χ1) is 17.0. The smallest absolute Gasteiger partial charge is 0.258 e. The van der Waals surface area contributed by atoms with E-state index in [4.69, 9.17) is 9.26 Å². The highest BCUT2D eigenvalue weighted by molar-refractivity contribution is 6.06. The van der Waals surface area contributed by atoms with Crippen LogP contribution in [-0.2, 0) is 11.2 Å². The molecule has 0 radical (unpaired) electrons. The Bertz CT molecular complexity index is 1330. The molecule has 2 heterocycles. The lowest BCUT2D eigenvalue weighted by Gasteiger charge is -2.13. The molecule has 35 heavy (non-hydrogen) atoms. The van der Waals surface area contributed by atoms with E-state index in [-0.39, 0.29) is 18.6 Å². The average molecular weight is 470 g/mol. The second kappa shape index (κ2) is 9.71. The highest BCUT2D eigenvalue weighted by Crippen LogP contribution is 2.33. The van der Waals surface area contributed by atoms with E-state index < -0.39 is 0 Å². The fourth-order valence-corrected chi connectivity index (χ4v) is 4.67. The molecule has 1 amide bonds. The molecule has 3 aromatic rings. The Hall–Kier alpha value is -3.99. The molecule has 1 saturated heterocycles. The molecular formula is C27H27N5O3. The van der Waals surface area contributed by atoms with Gasteiger partial charge in [-0.05, 0) is 68.9 Å². The van der Waals surface area contributed by atoms with Crippen LogP contribution in [0.4, 0.5) is 0 Å². The fourth-order valence-electron chi connectivity index (χ4n) is 4.67. The van der Waals surface area contributed by atoms with Crippen LogP contribution in [0.3, 0.4) is 0 Å². The highest BCUT2D eigenvalue weighted by atomic mass is 16.5. The Morgan fingerprint density at radius 2 is 2.00 bits per heavy atom. The van der Waals surface area contributed by atoms with Crippen LogP contribution in [0.2, 0.25) is 0 Å². The summed E-state index contributed by atoms with van der Waals surface area (Å²) in [6, 6.07) is 13.4. The molecule has 0 bridgehead atoms. The quantitative estimate of drug-likeness (QED) is 0.529. The number of aliphatic imine (C=N–C) groups is 1. The van der Waals surface area contributed by atoms with Crippen LogP contribution in [0.1, 0.15) is 49.8 Å². The van der Waals surface area contributed by atoms with Crippen molar-refractivity contribution in [2.75, 3.05) is 19.6 Å². The predicted molar refractivity (Wildman–Crippen MR) is 131 cm³/mol. The molecule has 0 saturated carbocycles. The molecule has 5 rings (SSSR count). The van der Waals surface area contributed by atoms with Crippen molar-refractivity contribution in [1.29, 1.82) is 5.26 Å². The molecule has 0 unspecified atom stereocenters. The van der Waals surface area contributed by atoms with E-state index >= 15 is 0 Å². The van der Waals surface area contributed by atoms with Crippen molar-refractivity contribution in [3.8, 4) is 34.7 Å². The van der Waals surface area contributed by atoms with Crippen molar-refractivity contribution in [3.63, 3.8) is 0 Å². The van der Waals surface area contributed by atoms with Crippen molar-refractivity contribution < 1.29 is 14.1 Å². The fraction of sp³-hybridized carbons (Fsp3) is 0.370. The van der Waals surface area contributed by atoms with Gasteiger partial charge in [0, 0.05) is 29.9 Å². The van der Waals surface area contributed by atoms with Gasteiger partial charge in [-0.25, -0.2) is 0 Å². The van der Waals surface area contributed by atoms with Crippen LogP contribution < -0.4 is 4.74 Å². The standard InChI is InChI=1S/C27H27N5O3/c1-17(2)34-24-11-8-18(14-19(24)15-28)27-30-26(31-35-27)22-7-5-6-21-20(22)9-10-23(21)29-16-25(33)32-12-3-4-13-32/h5-8,11,14,17H,3-4,9-10,12-13,16H2,1-2H3. The van der Waals surface area contributed by atoms with Crippen molar-refractivity contribution >= 4 is 11.6 Å². The van der Waals surface area contributed by atoms with Gasteiger partial charge in [-0.15, -0.1) is 0 Å². The number of likely N-dealkylation sites (tertiary alicyclic amines) is 1. The summed E-state index contributed by atoms with van der Waals surface area (Å²) >= 11 is 0. The van der Waals surface area contributed by atoms with Crippen molar-refractivity contribution in [2.45, 2.75) is 45.6 Å². The summed E-state index contributed by atoms with van der Waals surface area (Å²) in [5.41, 5.74) is 5.09. The third-order valence-corrected chi connectivity index (χ3v) is 6.34. The summed E-state index contributed by atoms with van der Waals surface area (Å²) in [6.45, 7) is 5.71. The highest BCUT2D eigenvalue weighted by Gasteiger charge is 2.25. The van der Waals surface area contributed by atoms with E-state index in [2.05, 4.69) is 21.2 Å². The van der Waals surface area contributed by atoms with Gasteiger partial charge in [0.15, 0.2) is 0 Å². The number of benzene rings is 2. The van der Waals surface area contributed by atoms with Gasteiger partial charge in [0.2, 0.25) is 11.7 Å². The Morgan fingerprint density at radius 3 is 2.77 bits per heavy atom. The summed E-state index contributed by atoms with van der Waals surface area (Å²) in [4.78, 5) is 23.6. The van der Waals surface area contributed by atoms with Crippen molar-refractivity contribution in [3.05, 3.63) is 53.1 Å². The number of ether oxygens (including phenoxy) is 1. The predicted octanol–water partition coefficient (Wildman–Crippen LogP) is 4.42. The van der Waals surface area contributed by atoms with Crippen LogP contribution in [-0.4, -0.2) is 52.4 Å². The zero-order chi connectivity index (χ0) is 24.4. The van der Waals surface area contributed by atoms with E-state index in [9.17, 15) is 10.1 Å². The van der Waals surface area contributed by atoms with Gasteiger partial charge < -0.3 is 14.2 Å². The number of fused-ring (bicyclic) bond motifs is 1. The number of amides is 1. The zero-order valence-corrected chi connectivity index (χ0v) is 20.0. The van der Waals surface area contributed by atoms with E-state index in [1.807, 2.05) is 43.0 Å². The van der Waals surface area contributed by atoms with Gasteiger partial charge >= 0.3 is 0 Å². The van der Waals surface area contributed by atoms with Crippen LogP contribution in [0, 0.1) is 11.3 Å². The van der Waals surface area contributed by atoms with Crippen LogP contribution >= 0.6 is 0 Å². The lowest BCUT2D eigenvalue weighted by atomic mass is 10.0. The molecule has 1 aliphatic carbocycles. The Balaban J connectivity index is 1.38. The number of nitriles is 1.